The van der Waals surface area contributed by atoms with E-state index in [0.717, 1.165) is 22.6 Å². The van der Waals surface area contributed by atoms with E-state index in [0.29, 0.717) is 9.47 Å². The first-order valence-electron chi connectivity index (χ1n) is 7.32. The Hall–Kier alpha value is -2.37. The van der Waals surface area contributed by atoms with Gasteiger partial charge in [0.2, 0.25) is 5.13 Å². The minimum Gasteiger partial charge on any atom is -0.497 e. The van der Waals surface area contributed by atoms with Gasteiger partial charge < -0.3 is 4.74 Å². The fourth-order valence-electron chi connectivity index (χ4n) is 2.09. The number of anilines is 1. The van der Waals surface area contributed by atoms with Gasteiger partial charge in [-0.3, -0.25) is 5.43 Å². The maximum atomic E-state index is 6.30. The summed E-state index contributed by atoms with van der Waals surface area (Å²) in [7, 11) is 1.64. The molecule has 0 aliphatic heterocycles. The molecule has 122 valence electrons. The van der Waals surface area contributed by atoms with Crippen molar-refractivity contribution in [2.75, 3.05) is 12.5 Å². The first-order chi connectivity index (χ1) is 11.7. The van der Waals surface area contributed by atoms with Crippen molar-refractivity contribution >= 4 is 34.3 Å². The van der Waals surface area contributed by atoms with Gasteiger partial charge in [-0.15, -0.1) is 0 Å². The highest BCUT2D eigenvalue weighted by atomic mass is 35.5. The summed E-state index contributed by atoms with van der Waals surface area (Å²) in [5.74, 6) is 0.797. The molecule has 3 rings (SSSR count). The number of halogens is 1. The predicted molar refractivity (Wildman–Crippen MR) is 102 cm³/mol. The third kappa shape index (κ3) is 3.93. The van der Waals surface area contributed by atoms with E-state index in [1.54, 1.807) is 13.3 Å². The molecule has 4 nitrogen and oxygen atoms in total. The molecule has 0 unspecified atom stereocenters. The normalized spacial score (nSPS) is 11.0. The van der Waals surface area contributed by atoms with Crippen LogP contribution in [0, 0.1) is 6.92 Å². The molecule has 0 saturated carbocycles. The van der Waals surface area contributed by atoms with Crippen molar-refractivity contribution in [3.05, 3.63) is 64.0 Å². The van der Waals surface area contributed by atoms with Crippen molar-refractivity contribution < 1.29 is 4.74 Å². The molecule has 1 N–H and O–H groups in total. The van der Waals surface area contributed by atoms with E-state index in [9.17, 15) is 0 Å². The Kier molecular flexibility index (Phi) is 5.13. The smallest absolute Gasteiger partial charge is 0.205 e. The van der Waals surface area contributed by atoms with Gasteiger partial charge in [0.25, 0.3) is 0 Å². The van der Waals surface area contributed by atoms with Gasteiger partial charge in [-0.05, 0) is 36.8 Å². The van der Waals surface area contributed by atoms with Gasteiger partial charge in [0.1, 0.15) is 15.8 Å². The summed E-state index contributed by atoms with van der Waals surface area (Å²) in [6, 6.07) is 15.7. The summed E-state index contributed by atoms with van der Waals surface area (Å²) < 4.78 is 5.78. The molecule has 0 saturated heterocycles. The molecular weight excluding hydrogens is 342 g/mol. The number of benzene rings is 2. The quantitative estimate of drug-likeness (QED) is 0.502. The number of rotatable bonds is 5. The zero-order valence-electron chi connectivity index (χ0n) is 13.3. The molecule has 2 aromatic carbocycles. The largest absolute Gasteiger partial charge is 0.497 e. The number of hydrogen-bond acceptors (Lipinski definition) is 5. The molecule has 3 aromatic rings. The van der Waals surface area contributed by atoms with E-state index < -0.39 is 0 Å². The Morgan fingerprint density at radius 1 is 1.12 bits per heavy atom. The van der Waals surface area contributed by atoms with Crippen LogP contribution in [0.1, 0.15) is 11.1 Å². The third-order valence-corrected chi connectivity index (χ3v) is 4.56. The van der Waals surface area contributed by atoms with Gasteiger partial charge in [-0.1, -0.05) is 52.8 Å². The molecule has 0 radical (unpaired) electrons. The number of nitrogens with zero attached hydrogens (tertiary/aromatic N) is 2. The Balaban J connectivity index is 1.72. The molecule has 1 heterocycles. The van der Waals surface area contributed by atoms with Gasteiger partial charge in [0.15, 0.2) is 0 Å². The Morgan fingerprint density at radius 2 is 1.83 bits per heavy atom. The number of methoxy groups -OCH3 is 1. The number of ether oxygens (including phenoxy) is 1. The highest BCUT2D eigenvalue weighted by Crippen LogP contribution is 2.35. The lowest BCUT2D eigenvalue weighted by molar-refractivity contribution is 0.415. The minimum absolute atomic E-state index is 0.619. The zero-order chi connectivity index (χ0) is 16.9. The lowest BCUT2D eigenvalue weighted by atomic mass is 10.2. The number of thiazole rings is 1. The molecule has 0 aliphatic carbocycles. The van der Waals surface area contributed by atoms with Crippen LogP contribution < -0.4 is 10.2 Å². The van der Waals surface area contributed by atoms with Crippen LogP contribution in [-0.4, -0.2) is 18.3 Å². The van der Waals surface area contributed by atoms with Crippen LogP contribution in [0.5, 0.6) is 5.75 Å². The molecule has 0 aliphatic rings. The van der Waals surface area contributed by atoms with Crippen molar-refractivity contribution in [2.45, 2.75) is 6.92 Å². The van der Waals surface area contributed by atoms with E-state index in [2.05, 4.69) is 22.4 Å². The fourth-order valence-corrected chi connectivity index (χ4v) is 3.13. The standard InChI is InChI=1S/C18H16ClN3OS/c1-12-3-5-13(6-4-12)11-20-22-18-21-16(17(19)24-18)14-7-9-15(23-2)10-8-14/h3-11H,1-2H3,(H,21,22). The topological polar surface area (TPSA) is 46.5 Å². The van der Waals surface area contributed by atoms with Gasteiger partial charge in [-0.2, -0.15) is 5.10 Å². The first kappa shape index (κ1) is 16.5. The van der Waals surface area contributed by atoms with Crippen molar-refractivity contribution in [2.24, 2.45) is 5.10 Å². The molecule has 24 heavy (non-hydrogen) atoms. The summed E-state index contributed by atoms with van der Waals surface area (Å²) in [6.45, 7) is 2.05. The lowest BCUT2D eigenvalue weighted by Gasteiger charge is -2.01. The fraction of sp³-hybridized carbons (Fsp3) is 0.111. The minimum atomic E-state index is 0.619. The highest BCUT2D eigenvalue weighted by molar-refractivity contribution is 7.20. The molecule has 1 aromatic heterocycles. The molecule has 0 fully saturated rings. The first-order valence-corrected chi connectivity index (χ1v) is 8.51. The average molecular weight is 358 g/mol. The second-order valence-electron chi connectivity index (χ2n) is 5.15. The van der Waals surface area contributed by atoms with Crippen molar-refractivity contribution in [1.82, 2.24) is 4.98 Å². The van der Waals surface area contributed by atoms with Crippen LogP contribution >= 0.6 is 22.9 Å². The summed E-state index contributed by atoms with van der Waals surface area (Å²) in [5, 5.41) is 4.86. The average Bonchev–Trinajstić information content (AvgIpc) is 2.97. The van der Waals surface area contributed by atoms with Crippen molar-refractivity contribution in [3.63, 3.8) is 0 Å². The monoisotopic (exact) mass is 357 g/mol. The van der Waals surface area contributed by atoms with E-state index >= 15 is 0 Å². The maximum absolute atomic E-state index is 6.30. The van der Waals surface area contributed by atoms with Gasteiger partial charge >= 0.3 is 0 Å². The Labute approximate surface area is 149 Å². The van der Waals surface area contributed by atoms with Crippen LogP contribution in [0.3, 0.4) is 0 Å². The predicted octanol–water partition coefficient (Wildman–Crippen LogP) is 5.23. The SMILES string of the molecule is COc1ccc(-c2nc(NN=Cc3ccc(C)cc3)sc2Cl)cc1. The second kappa shape index (κ2) is 7.47. The van der Waals surface area contributed by atoms with Crippen LogP contribution in [0.25, 0.3) is 11.3 Å². The van der Waals surface area contributed by atoms with Gasteiger partial charge in [0, 0.05) is 5.56 Å². The highest BCUT2D eigenvalue weighted by Gasteiger charge is 2.11. The van der Waals surface area contributed by atoms with Crippen LogP contribution in [0.15, 0.2) is 53.6 Å². The van der Waals surface area contributed by atoms with Crippen molar-refractivity contribution in [1.29, 1.82) is 0 Å². The van der Waals surface area contributed by atoms with Gasteiger partial charge in [0.05, 0.1) is 13.3 Å². The third-order valence-electron chi connectivity index (χ3n) is 3.40. The summed E-state index contributed by atoms with van der Waals surface area (Å²) in [5.41, 5.74) is 6.84. The van der Waals surface area contributed by atoms with Crippen LogP contribution in [0.2, 0.25) is 4.34 Å². The molecular formula is C18H16ClN3OS. The maximum Gasteiger partial charge on any atom is 0.205 e. The Morgan fingerprint density at radius 3 is 2.50 bits per heavy atom. The lowest BCUT2D eigenvalue weighted by Crippen LogP contribution is -1.90. The summed E-state index contributed by atoms with van der Waals surface area (Å²) in [6.07, 6.45) is 1.75. The van der Waals surface area contributed by atoms with Crippen molar-refractivity contribution in [3.8, 4) is 17.0 Å². The van der Waals surface area contributed by atoms with Gasteiger partial charge in [-0.25, -0.2) is 4.98 Å². The van der Waals surface area contributed by atoms with E-state index in [1.807, 2.05) is 48.5 Å². The number of hydrazone groups is 1. The number of aryl methyl sites for hydroxylation is 1. The van der Waals surface area contributed by atoms with E-state index in [1.165, 1.54) is 16.9 Å². The molecule has 0 bridgehead atoms. The van der Waals surface area contributed by atoms with E-state index in [-0.39, 0.29) is 0 Å². The molecule has 0 atom stereocenters. The summed E-state index contributed by atoms with van der Waals surface area (Å²) in [4.78, 5) is 4.50. The molecule has 6 heteroatoms. The number of aromatic nitrogens is 1. The molecule has 0 spiro atoms. The number of nitrogens with one attached hydrogen (secondary N) is 1. The Bertz CT molecular complexity index is 842. The zero-order valence-corrected chi connectivity index (χ0v) is 14.9. The molecule has 0 amide bonds. The number of hydrogen-bond donors (Lipinski definition) is 1. The second-order valence-corrected chi connectivity index (χ2v) is 6.75. The summed E-state index contributed by atoms with van der Waals surface area (Å²) >= 11 is 7.65. The van der Waals surface area contributed by atoms with E-state index in [4.69, 9.17) is 16.3 Å². The van der Waals surface area contributed by atoms with Crippen LogP contribution in [0.4, 0.5) is 5.13 Å². The van der Waals surface area contributed by atoms with Crippen LogP contribution in [-0.2, 0) is 0 Å².